The first-order valence-corrected chi connectivity index (χ1v) is 5.91. The van der Waals surface area contributed by atoms with Gasteiger partial charge < -0.3 is 5.32 Å². The summed E-state index contributed by atoms with van der Waals surface area (Å²) in [6.07, 6.45) is 1.44. The summed E-state index contributed by atoms with van der Waals surface area (Å²) in [4.78, 5) is 21.7. The molecule has 0 aromatic heterocycles. The van der Waals surface area contributed by atoms with Crippen molar-refractivity contribution in [3.05, 3.63) is 0 Å². The Morgan fingerprint density at radius 3 is 2.50 bits per heavy atom. The van der Waals surface area contributed by atoms with Gasteiger partial charge in [0.1, 0.15) is 0 Å². The van der Waals surface area contributed by atoms with Gasteiger partial charge in [-0.15, -0.1) is 0 Å². The Labute approximate surface area is 90.0 Å². The Morgan fingerprint density at radius 2 is 2.00 bits per heavy atom. The maximum atomic E-state index is 11.2. The lowest BCUT2D eigenvalue weighted by Gasteiger charge is -2.06. The molecule has 0 bridgehead atoms. The topological polar surface area (TPSA) is 46.2 Å². The van der Waals surface area contributed by atoms with Gasteiger partial charge in [0.2, 0.25) is 5.91 Å². The second-order valence-electron chi connectivity index (χ2n) is 3.62. The van der Waals surface area contributed by atoms with Crippen LogP contribution in [-0.2, 0) is 9.59 Å². The highest BCUT2D eigenvalue weighted by molar-refractivity contribution is 8.13. The summed E-state index contributed by atoms with van der Waals surface area (Å²) in [5.74, 6) is 1.24. The Hall–Kier alpha value is -0.510. The number of rotatable bonds is 6. The van der Waals surface area contributed by atoms with Crippen LogP contribution in [0.15, 0.2) is 0 Å². The van der Waals surface area contributed by atoms with E-state index >= 15 is 0 Å². The molecule has 0 rings (SSSR count). The van der Waals surface area contributed by atoms with Gasteiger partial charge in [-0.25, -0.2) is 0 Å². The van der Waals surface area contributed by atoms with Crippen LogP contribution in [0, 0.1) is 5.92 Å². The smallest absolute Gasteiger partial charge is 0.220 e. The third kappa shape index (κ3) is 9.58. The van der Waals surface area contributed by atoms with E-state index in [-0.39, 0.29) is 11.0 Å². The highest BCUT2D eigenvalue weighted by Gasteiger charge is 2.02. The van der Waals surface area contributed by atoms with Gasteiger partial charge in [-0.3, -0.25) is 9.59 Å². The molecule has 0 fully saturated rings. The van der Waals surface area contributed by atoms with E-state index in [1.54, 1.807) is 0 Å². The maximum Gasteiger partial charge on any atom is 0.220 e. The molecule has 0 unspecified atom stereocenters. The first-order chi connectivity index (χ1) is 6.52. The van der Waals surface area contributed by atoms with Crippen molar-refractivity contribution in [3.63, 3.8) is 0 Å². The average Bonchev–Trinajstić information content (AvgIpc) is 2.02. The van der Waals surface area contributed by atoms with Crippen LogP contribution in [0.3, 0.4) is 0 Å². The fraction of sp³-hybridized carbons (Fsp3) is 0.800. The normalized spacial score (nSPS) is 10.3. The standard InChI is InChI=1S/C10H19NO2S/c1-8(2)4-6-11-10(13)5-7-14-9(3)12/h8H,4-7H2,1-3H3,(H,11,13). The monoisotopic (exact) mass is 217 g/mol. The van der Waals surface area contributed by atoms with Crippen molar-refractivity contribution in [2.45, 2.75) is 33.6 Å². The molecule has 0 saturated heterocycles. The van der Waals surface area contributed by atoms with E-state index in [4.69, 9.17) is 0 Å². The summed E-state index contributed by atoms with van der Waals surface area (Å²) < 4.78 is 0. The molecule has 1 N–H and O–H groups in total. The molecule has 3 nitrogen and oxygen atoms in total. The van der Waals surface area contributed by atoms with Gasteiger partial charge >= 0.3 is 0 Å². The Bertz CT molecular complexity index is 193. The average molecular weight is 217 g/mol. The summed E-state index contributed by atoms with van der Waals surface area (Å²) in [6, 6.07) is 0. The van der Waals surface area contributed by atoms with E-state index < -0.39 is 0 Å². The molecule has 0 aliphatic carbocycles. The molecule has 0 atom stereocenters. The second kappa shape index (κ2) is 7.85. The molecule has 0 radical (unpaired) electrons. The molecule has 0 aliphatic rings. The number of hydrogen-bond donors (Lipinski definition) is 1. The summed E-state index contributed by atoms with van der Waals surface area (Å²) in [5, 5.41) is 2.89. The number of nitrogens with one attached hydrogen (secondary N) is 1. The van der Waals surface area contributed by atoms with Crippen molar-refractivity contribution in [2.75, 3.05) is 12.3 Å². The summed E-state index contributed by atoms with van der Waals surface area (Å²) in [7, 11) is 0. The van der Waals surface area contributed by atoms with Crippen LogP contribution in [0.25, 0.3) is 0 Å². The van der Waals surface area contributed by atoms with Gasteiger partial charge in [-0.2, -0.15) is 0 Å². The molecule has 0 heterocycles. The molecule has 1 amide bonds. The molecular formula is C10H19NO2S. The van der Waals surface area contributed by atoms with Crippen LogP contribution in [0.2, 0.25) is 0 Å². The van der Waals surface area contributed by atoms with Crippen LogP contribution in [0.4, 0.5) is 0 Å². The molecule has 4 heteroatoms. The number of hydrogen-bond acceptors (Lipinski definition) is 3. The largest absolute Gasteiger partial charge is 0.356 e. The van der Waals surface area contributed by atoms with E-state index in [2.05, 4.69) is 19.2 Å². The van der Waals surface area contributed by atoms with Gasteiger partial charge in [0.05, 0.1) is 0 Å². The van der Waals surface area contributed by atoms with Crippen molar-refractivity contribution < 1.29 is 9.59 Å². The maximum absolute atomic E-state index is 11.2. The van der Waals surface area contributed by atoms with Crippen molar-refractivity contribution in [2.24, 2.45) is 5.92 Å². The molecule has 0 aliphatic heterocycles. The van der Waals surface area contributed by atoms with Crippen LogP contribution >= 0.6 is 11.8 Å². The van der Waals surface area contributed by atoms with Crippen LogP contribution in [0.5, 0.6) is 0 Å². The van der Waals surface area contributed by atoms with Gasteiger partial charge in [-0.1, -0.05) is 25.6 Å². The predicted octanol–water partition coefficient (Wildman–Crippen LogP) is 1.82. The quantitative estimate of drug-likeness (QED) is 0.738. The lowest BCUT2D eigenvalue weighted by molar-refractivity contribution is -0.120. The Morgan fingerprint density at radius 1 is 1.36 bits per heavy atom. The van der Waals surface area contributed by atoms with Gasteiger partial charge in [0, 0.05) is 25.6 Å². The van der Waals surface area contributed by atoms with Crippen molar-refractivity contribution in [3.8, 4) is 0 Å². The predicted molar refractivity (Wildman–Crippen MR) is 60.2 cm³/mol. The molecule has 14 heavy (non-hydrogen) atoms. The molecule has 0 saturated carbocycles. The Balaban J connectivity index is 3.33. The zero-order valence-corrected chi connectivity index (χ0v) is 9.95. The van der Waals surface area contributed by atoms with Gasteiger partial charge in [0.25, 0.3) is 0 Å². The Kier molecular flexibility index (Phi) is 7.57. The zero-order chi connectivity index (χ0) is 11.0. The summed E-state index contributed by atoms with van der Waals surface area (Å²) in [5.41, 5.74) is 0. The molecular weight excluding hydrogens is 198 g/mol. The van der Waals surface area contributed by atoms with Crippen molar-refractivity contribution >= 4 is 22.8 Å². The first kappa shape index (κ1) is 13.5. The van der Waals surface area contributed by atoms with Crippen LogP contribution in [0.1, 0.15) is 33.6 Å². The number of amides is 1. The number of carbonyl (C=O) groups excluding carboxylic acids is 2. The van der Waals surface area contributed by atoms with Crippen molar-refractivity contribution in [1.82, 2.24) is 5.32 Å². The van der Waals surface area contributed by atoms with Crippen LogP contribution in [-0.4, -0.2) is 23.3 Å². The summed E-state index contributed by atoms with van der Waals surface area (Å²) in [6.45, 7) is 6.50. The van der Waals surface area contributed by atoms with Gasteiger partial charge in [-0.05, 0) is 12.3 Å². The second-order valence-corrected chi connectivity index (χ2v) is 4.89. The summed E-state index contributed by atoms with van der Waals surface area (Å²) >= 11 is 1.20. The minimum absolute atomic E-state index is 0.0411. The number of carbonyl (C=O) groups is 2. The lowest BCUT2D eigenvalue weighted by atomic mass is 10.1. The van der Waals surface area contributed by atoms with E-state index in [1.807, 2.05) is 0 Å². The van der Waals surface area contributed by atoms with Crippen LogP contribution < -0.4 is 5.32 Å². The molecule has 0 spiro atoms. The molecule has 0 aromatic carbocycles. The zero-order valence-electron chi connectivity index (χ0n) is 9.13. The highest BCUT2D eigenvalue weighted by Crippen LogP contribution is 2.03. The van der Waals surface area contributed by atoms with E-state index in [9.17, 15) is 9.59 Å². The third-order valence-corrected chi connectivity index (χ3v) is 2.49. The third-order valence-electron chi connectivity index (χ3n) is 1.68. The van der Waals surface area contributed by atoms with E-state index in [1.165, 1.54) is 18.7 Å². The fourth-order valence-electron chi connectivity index (χ4n) is 0.876. The highest BCUT2D eigenvalue weighted by atomic mass is 32.2. The fourth-order valence-corrected chi connectivity index (χ4v) is 1.45. The SMILES string of the molecule is CC(=O)SCCC(=O)NCCC(C)C. The van der Waals surface area contributed by atoms with E-state index in [0.717, 1.165) is 13.0 Å². The number of thioether (sulfide) groups is 1. The molecule has 0 aromatic rings. The van der Waals surface area contributed by atoms with Gasteiger partial charge in [0.15, 0.2) is 5.12 Å². The molecule has 82 valence electrons. The first-order valence-electron chi connectivity index (χ1n) is 4.92. The van der Waals surface area contributed by atoms with Crippen molar-refractivity contribution in [1.29, 1.82) is 0 Å². The lowest BCUT2D eigenvalue weighted by Crippen LogP contribution is -2.25. The minimum Gasteiger partial charge on any atom is -0.356 e. The minimum atomic E-state index is 0.0411. The van der Waals surface area contributed by atoms with E-state index in [0.29, 0.717) is 18.1 Å².